The van der Waals surface area contributed by atoms with Crippen LogP contribution in [0, 0.1) is 0 Å². The molecule has 0 atom stereocenters. The molecule has 0 fully saturated rings. The Morgan fingerprint density at radius 1 is 0.452 bits per heavy atom. The van der Waals surface area contributed by atoms with Gasteiger partial charge in [-0.15, -0.1) is 0 Å². The van der Waals surface area contributed by atoms with E-state index < -0.39 is 0 Å². The average molecular weight is 665 g/mol. The number of aliphatic imine (C=N–C) groups is 2. The predicted octanol–water partition coefficient (Wildman–Crippen LogP) is 12.7. The Labute approximate surface area is 274 Å². The Balaban J connectivity index is 0.00000882. The van der Waals surface area contributed by atoms with Crippen molar-refractivity contribution in [1.82, 2.24) is 0 Å². The van der Waals surface area contributed by atoms with E-state index in [0.717, 1.165) is 61.3 Å². The molecule has 0 aliphatic heterocycles. The van der Waals surface area contributed by atoms with Crippen LogP contribution < -0.4 is 0 Å². The Morgan fingerprint density at radius 2 is 0.786 bits per heavy atom. The predicted molar refractivity (Wildman–Crippen MR) is 185 cm³/mol. The largest absolute Gasteiger partial charge is 0.252 e. The number of unbranched alkanes of at least 4 members (excludes halogenated alkanes) is 9. The first kappa shape index (κ1) is 38.5. The Kier molecular flexibility index (Phi) is 21.8. The van der Waals surface area contributed by atoms with Crippen molar-refractivity contribution in [3.05, 3.63) is 58.7 Å². The van der Waals surface area contributed by atoms with Crippen molar-refractivity contribution in [2.24, 2.45) is 9.98 Å². The van der Waals surface area contributed by atoms with E-state index in [1.165, 1.54) is 106 Å². The van der Waals surface area contributed by atoms with Gasteiger partial charge in [-0.2, -0.15) is 0 Å². The van der Waals surface area contributed by atoms with Crippen LogP contribution in [-0.2, 0) is 46.1 Å². The maximum atomic E-state index is 5.32. The zero-order valence-electron chi connectivity index (χ0n) is 28.1. The summed E-state index contributed by atoms with van der Waals surface area (Å²) in [6.45, 7) is 13.6. The molecular weight excluding hydrogens is 603 g/mol. The van der Waals surface area contributed by atoms with Crippen LogP contribution >= 0.6 is 0 Å². The van der Waals surface area contributed by atoms with Crippen LogP contribution in [0.4, 0.5) is 11.4 Å². The van der Waals surface area contributed by atoms with E-state index in [-0.39, 0.29) is 20.4 Å². The fourth-order valence-electron chi connectivity index (χ4n) is 5.58. The number of benzene rings is 2. The van der Waals surface area contributed by atoms with Crippen molar-refractivity contribution in [2.75, 3.05) is 0 Å². The van der Waals surface area contributed by atoms with E-state index in [4.69, 9.17) is 9.98 Å². The third-order valence-corrected chi connectivity index (χ3v) is 8.10. The number of hydrogen-bond acceptors (Lipinski definition) is 2. The smallest absolute Gasteiger partial charge is 0.0639 e. The van der Waals surface area contributed by atoms with Crippen molar-refractivity contribution in [3.63, 3.8) is 0 Å². The summed E-state index contributed by atoms with van der Waals surface area (Å²) < 4.78 is 0. The molecule has 0 spiro atoms. The van der Waals surface area contributed by atoms with Crippen LogP contribution in [0.1, 0.15) is 160 Å². The molecule has 2 nitrogen and oxygen atoms in total. The van der Waals surface area contributed by atoms with E-state index in [2.05, 4.69) is 77.9 Å². The van der Waals surface area contributed by atoms with Crippen LogP contribution in [-0.4, -0.2) is 11.4 Å². The monoisotopic (exact) mass is 664 g/mol. The molecule has 3 heteroatoms. The number of hydrogen-bond donors (Lipinski definition) is 0. The molecule has 0 N–H and O–H groups in total. The summed E-state index contributed by atoms with van der Waals surface area (Å²) in [4.78, 5) is 10.6. The molecule has 0 bridgehead atoms. The second kappa shape index (κ2) is 23.8. The van der Waals surface area contributed by atoms with Crippen molar-refractivity contribution in [2.45, 2.75) is 164 Å². The van der Waals surface area contributed by atoms with Crippen molar-refractivity contribution in [1.29, 1.82) is 0 Å². The molecule has 42 heavy (non-hydrogen) atoms. The second-order valence-corrected chi connectivity index (χ2v) is 12.2. The molecule has 0 saturated heterocycles. The summed E-state index contributed by atoms with van der Waals surface area (Å²) in [5, 5.41) is 0. The molecule has 0 saturated carbocycles. The molecule has 0 aliphatic carbocycles. The molecule has 238 valence electrons. The number of aryl methyl sites for hydroxylation is 4. The molecule has 2 rings (SSSR count). The Morgan fingerprint density at radius 3 is 1.12 bits per heavy atom. The Hall–Kier alpha value is -1.56. The van der Waals surface area contributed by atoms with Gasteiger partial charge in [0.1, 0.15) is 0 Å². The standard InChI is InChI=1S/C39H62N2.Pd/c1-7-12-17-21-33-26-34(22-18-13-8-2)29-37(28-33)40-32(6)39(25-16-11-5)41-38-30-35(23-19-14-9-3)27-36(31-38)24-20-15-10-4;/h26-31H,7-25H2,1-6H3;. The van der Waals surface area contributed by atoms with E-state index >= 15 is 0 Å². The van der Waals surface area contributed by atoms with Gasteiger partial charge < -0.3 is 0 Å². The van der Waals surface area contributed by atoms with Gasteiger partial charge in [-0.1, -0.05) is 105 Å². The van der Waals surface area contributed by atoms with Gasteiger partial charge in [0.25, 0.3) is 0 Å². The molecule has 0 radical (unpaired) electrons. The third-order valence-electron chi connectivity index (χ3n) is 8.10. The van der Waals surface area contributed by atoms with Gasteiger partial charge in [-0.05, 0) is 118 Å². The maximum Gasteiger partial charge on any atom is 0.0639 e. The minimum atomic E-state index is 0. The number of nitrogens with zero attached hydrogens (tertiary/aromatic N) is 2. The summed E-state index contributed by atoms with van der Waals surface area (Å²) in [6.07, 6.45) is 23.2. The summed E-state index contributed by atoms with van der Waals surface area (Å²) in [6, 6.07) is 14.2. The normalized spacial score (nSPS) is 12.0. The first-order valence-electron chi connectivity index (χ1n) is 17.4. The minimum Gasteiger partial charge on any atom is -0.252 e. The zero-order chi connectivity index (χ0) is 29.7. The fourth-order valence-corrected chi connectivity index (χ4v) is 5.58. The molecular formula is C39H62N2Pd. The summed E-state index contributed by atoms with van der Waals surface area (Å²) in [5.41, 5.74) is 10.3. The van der Waals surface area contributed by atoms with Gasteiger partial charge in [0, 0.05) is 20.4 Å². The average Bonchev–Trinajstić information content (AvgIpc) is 2.96. The van der Waals surface area contributed by atoms with Crippen molar-refractivity contribution in [3.8, 4) is 0 Å². The van der Waals surface area contributed by atoms with Gasteiger partial charge in [0.15, 0.2) is 0 Å². The van der Waals surface area contributed by atoms with E-state index in [9.17, 15) is 0 Å². The molecule has 2 aromatic rings. The molecule has 0 aromatic heterocycles. The van der Waals surface area contributed by atoms with E-state index in [1.54, 1.807) is 0 Å². The number of rotatable bonds is 22. The summed E-state index contributed by atoms with van der Waals surface area (Å²) >= 11 is 0. The minimum absolute atomic E-state index is 0. The molecule has 0 heterocycles. The van der Waals surface area contributed by atoms with E-state index in [0.29, 0.717) is 0 Å². The maximum absolute atomic E-state index is 5.32. The van der Waals surface area contributed by atoms with Crippen LogP contribution in [0.15, 0.2) is 46.4 Å². The van der Waals surface area contributed by atoms with Crippen molar-refractivity contribution >= 4 is 22.8 Å². The second-order valence-electron chi connectivity index (χ2n) is 12.2. The quantitative estimate of drug-likeness (QED) is 0.0680. The van der Waals surface area contributed by atoms with Gasteiger partial charge in [0.2, 0.25) is 0 Å². The van der Waals surface area contributed by atoms with Gasteiger partial charge >= 0.3 is 0 Å². The van der Waals surface area contributed by atoms with Gasteiger partial charge in [0.05, 0.1) is 22.8 Å². The molecule has 0 amide bonds. The summed E-state index contributed by atoms with van der Waals surface area (Å²) in [7, 11) is 0. The van der Waals surface area contributed by atoms with Crippen LogP contribution in [0.25, 0.3) is 0 Å². The van der Waals surface area contributed by atoms with Crippen LogP contribution in [0.3, 0.4) is 0 Å². The van der Waals surface area contributed by atoms with Crippen molar-refractivity contribution < 1.29 is 20.4 Å². The van der Waals surface area contributed by atoms with Crippen LogP contribution in [0.5, 0.6) is 0 Å². The third kappa shape index (κ3) is 15.8. The zero-order valence-corrected chi connectivity index (χ0v) is 29.7. The summed E-state index contributed by atoms with van der Waals surface area (Å²) in [5.74, 6) is 0. The topological polar surface area (TPSA) is 24.7 Å². The first-order valence-corrected chi connectivity index (χ1v) is 17.4. The SMILES string of the molecule is CCCCCc1cc(CCCCC)cc(N=C(C)C(CCCC)=Nc2cc(CCCCC)cc(CCCCC)c2)c1.[Pd]. The molecule has 2 aromatic carbocycles. The molecule has 0 unspecified atom stereocenters. The first-order chi connectivity index (χ1) is 20.0. The molecule has 0 aliphatic rings. The van der Waals surface area contributed by atoms with Gasteiger partial charge in [-0.25, -0.2) is 0 Å². The van der Waals surface area contributed by atoms with Crippen LogP contribution in [0.2, 0.25) is 0 Å². The van der Waals surface area contributed by atoms with Gasteiger partial charge in [-0.3, -0.25) is 9.98 Å². The Bertz CT molecular complexity index is 996. The van der Waals surface area contributed by atoms with E-state index in [1.807, 2.05) is 0 Å². The fraction of sp³-hybridized carbons (Fsp3) is 0.641.